The van der Waals surface area contributed by atoms with Crippen molar-refractivity contribution in [2.45, 2.75) is 11.4 Å². The second-order valence-corrected chi connectivity index (χ2v) is 7.93. The summed E-state index contributed by atoms with van der Waals surface area (Å²) in [4.78, 5) is 11.3. The first-order valence-corrected chi connectivity index (χ1v) is 9.15. The Morgan fingerprint density at radius 1 is 1.20 bits per heavy atom. The van der Waals surface area contributed by atoms with Crippen LogP contribution >= 0.6 is 23.2 Å². The summed E-state index contributed by atoms with van der Waals surface area (Å²) in [6, 6.07) is 7.78. The molecule has 2 aromatic carbocycles. The van der Waals surface area contributed by atoms with E-state index in [-0.39, 0.29) is 32.6 Å². The van der Waals surface area contributed by atoms with E-state index in [1.165, 1.54) is 50.6 Å². The minimum atomic E-state index is -4.03. The van der Waals surface area contributed by atoms with E-state index < -0.39 is 21.8 Å². The summed E-state index contributed by atoms with van der Waals surface area (Å²) in [7, 11) is -1.54. The highest BCUT2D eigenvalue weighted by Gasteiger charge is 2.26. The van der Waals surface area contributed by atoms with Crippen molar-refractivity contribution in [1.29, 1.82) is 0 Å². The maximum Gasteiger partial charge on any atom is 0.337 e. The molecule has 0 aliphatic carbocycles. The molecule has 0 atom stereocenters. The van der Waals surface area contributed by atoms with Crippen molar-refractivity contribution in [3.8, 4) is 0 Å². The molecule has 134 valence electrons. The summed E-state index contributed by atoms with van der Waals surface area (Å²) in [5.74, 6) is -1.25. The maximum absolute atomic E-state index is 13.9. The first-order valence-electron chi connectivity index (χ1n) is 6.95. The molecule has 0 saturated carbocycles. The van der Waals surface area contributed by atoms with Gasteiger partial charge in [0.05, 0.1) is 17.7 Å². The molecule has 0 bridgehead atoms. The Labute approximate surface area is 155 Å². The highest BCUT2D eigenvalue weighted by Crippen LogP contribution is 2.28. The van der Waals surface area contributed by atoms with E-state index in [1.54, 1.807) is 0 Å². The van der Waals surface area contributed by atoms with Crippen molar-refractivity contribution in [2.24, 2.45) is 0 Å². The van der Waals surface area contributed by atoms with Gasteiger partial charge in [-0.3, -0.25) is 0 Å². The summed E-state index contributed by atoms with van der Waals surface area (Å²) in [5, 5.41) is -0.0245. The number of sulfonamides is 1. The number of hydrogen-bond donors (Lipinski definition) is 0. The first kappa shape index (κ1) is 19.7. The molecule has 0 heterocycles. The number of methoxy groups -OCH3 is 1. The van der Waals surface area contributed by atoms with Crippen LogP contribution in [0.25, 0.3) is 0 Å². The Balaban J connectivity index is 2.36. The zero-order chi connectivity index (χ0) is 18.8. The molecular formula is C16H14Cl2FNO4S. The van der Waals surface area contributed by atoms with Crippen LogP contribution in [0.3, 0.4) is 0 Å². The minimum Gasteiger partial charge on any atom is -0.465 e. The molecule has 0 fully saturated rings. The molecule has 25 heavy (non-hydrogen) atoms. The SMILES string of the molecule is COC(=O)c1ccc(S(=O)(=O)N(C)Cc2c(F)cccc2Cl)c(Cl)c1. The van der Waals surface area contributed by atoms with E-state index in [0.29, 0.717) is 0 Å². The van der Waals surface area contributed by atoms with Gasteiger partial charge in [-0.2, -0.15) is 4.31 Å². The first-order chi connectivity index (χ1) is 11.7. The van der Waals surface area contributed by atoms with Crippen molar-refractivity contribution >= 4 is 39.2 Å². The van der Waals surface area contributed by atoms with Crippen LogP contribution in [0.1, 0.15) is 15.9 Å². The number of carbonyl (C=O) groups excluding carboxylic acids is 1. The molecule has 2 rings (SSSR count). The van der Waals surface area contributed by atoms with E-state index in [9.17, 15) is 17.6 Å². The van der Waals surface area contributed by atoms with Crippen molar-refractivity contribution in [1.82, 2.24) is 4.31 Å². The van der Waals surface area contributed by atoms with Crippen LogP contribution in [0.2, 0.25) is 10.0 Å². The Kier molecular flexibility index (Phi) is 6.05. The molecule has 0 saturated heterocycles. The van der Waals surface area contributed by atoms with Crippen LogP contribution in [-0.2, 0) is 21.3 Å². The lowest BCUT2D eigenvalue weighted by Crippen LogP contribution is -2.27. The molecular weight excluding hydrogens is 392 g/mol. The van der Waals surface area contributed by atoms with Crippen molar-refractivity contribution < 1.29 is 22.3 Å². The van der Waals surface area contributed by atoms with E-state index in [1.807, 2.05) is 0 Å². The molecule has 0 radical (unpaired) electrons. The van der Waals surface area contributed by atoms with Gasteiger partial charge in [-0.25, -0.2) is 17.6 Å². The Hall–Kier alpha value is -1.67. The fraction of sp³-hybridized carbons (Fsp3) is 0.188. The Morgan fingerprint density at radius 2 is 1.88 bits per heavy atom. The van der Waals surface area contributed by atoms with Crippen LogP contribution < -0.4 is 0 Å². The molecule has 5 nitrogen and oxygen atoms in total. The average molecular weight is 406 g/mol. The van der Waals surface area contributed by atoms with Crippen LogP contribution in [-0.4, -0.2) is 32.8 Å². The van der Waals surface area contributed by atoms with Crippen LogP contribution in [0.4, 0.5) is 4.39 Å². The third kappa shape index (κ3) is 4.12. The summed E-state index contributed by atoms with van der Waals surface area (Å²) in [5.41, 5.74) is 0.170. The fourth-order valence-corrected chi connectivity index (χ4v) is 3.99. The third-order valence-corrected chi connectivity index (χ3v) is 6.12. The number of ether oxygens (including phenoxy) is 1. The van der Waals surface area contributed by atoms with Gasteiger partial charge in [0.15, 0.2) is 0 Å². The van der Waals surface area contributed by atoms with Gasteiger partial charge in [0, 0.05) is 24.2 Å². The number of rotatable bonds is 5. The molecule has 0 aliphatic rings. The van der Waals surface area contributed by atoms with Gasteiger partial charge in [0.2, 0.25) is 10.0 Å². The quantitative estimate of drug-likeness (QED) is 0.710. The van der Waals surface area contributed by atoms with E-state index in [0.717, 1.165) is 4.31 Å². The second kappa shape index (κ2) is 7.70. The molecule has 0 aliphatic heterocycles. The fourth-order valence-electron chi connectivity index (χ4n) is 2.11. The van der Waals surface area contributed by atoms with E-state index >= 15 is 0 Å². The lowest BCUT2D eigenvalue weighted by atomic mass is 10.2. The third-order valence-electron chi connectivity index (χ3n) is 3.48. The highest BCUT2D eigenvalue weighted by molar-refractivity contribution is 7.89. The molecule has 0 aromatic heterocycles. The summed E-state index contributed by atoms with van der Waals surface area (Å²) in [6.45, 7) is -0.275. The van der Waals surface area contributed by atoms with Crippen molar-refractivity contribution in [3.63, 3.8) is 0 Å². The molecule has 0 unspecified atom stereocenters. The number of hydrogen-bond acceptors (Lipinski definition) is 4. The van der Waals surface area contributed by atoms with E-state index in [2.05, 4.69) is 4.74 Å². The van der Waals surface area contributed by atoms with Gasteiger partial charge in [0.25, 0.3) is 0 Å². The molecule has 0 amide bonds. The van der Waals surface area contributed by atoms with Gasteiger partial charge in [-0.15, -0.1) is 0 Å². The standard InChI is InChI=1S/C16H14Cl2FNO4S/c1-20(9-11-12(17)4-3-5-14(11)19)25(22,23)15-7-6-10(8-13(15)18)16(21)24-2/h3-8H,9H2,1-2H3. The van der Waals surface area contributed by atoms with Gasteiger partial charge in [0.1, 0.15) is 10.7 Å². The van der Waals surface area contributed by atoms with Gasteiger partial charge in [-0.05, 0) is 30.3 Å². The molecule has 0 N–H and O–H groups in total. The topological polar surface area (TPSA) is 63.7 Å². The van der Waals surface area contributed by atoms with Crippen molar-refractivity contribution in [3.05, 3.63) is 63.4 Å². The smallest absolute Gasteiger partial charge is 0.337 e. The van der Waals surface area contributed by atoms with E-state index in [4.69, 9.17) is 23.2 Å². The predicted octanol–water partition coefficient (Wildman–Crippen LogP) is 3.74. The summed E-state index contributed by atoms with van der Waals surface area (Å²) >= 11 is 11.9. The number of carbonyl (C=O) groups is 1. The second-order valence-electron chi connectivity index (χ2n) is 5.10. The zero-order valence-corrected chi connectivity index (χ0v) is 15.6. The largest absolute Gasteiger partial charge is 0.465 e. The Bertz CT molecular complexity index is 898. The van der Waals surface area contributed by atoms with Crippen LogP contribution in [0.15, 0.2) is 41.3 Å². The average Bonchev–Trinajstić information content (AvgIpc) is 2.56. The summed E-state index contributed by atoms with van der Waals surface area (Å²) < 4.78 is 44.7. The molecule has 0 spiro atoms. The zero-order valence-electron chi connectivity index (χ0n) is 13.3. The molecule has 9 heteroatoms. The lowest BCUT2D eigenvalue weighted by Gasteiger charge is -2.19. The van der Waals surface area contributed by atoms with Crippen LogP contribution in [0, 0.1) is 5.82 Å². The van der Waals surface area contributed by atoms with Gasteiger partial charge < -0.3 is 4.74 Å². The minimum absolute atomic E-state index is 0.0533. The normalized spacial score (nSPS) is 11.6. The molecule has 2 aromatic rings. The summed E-state index contributed by atoms with van der Waals surface area (Å²) in [6.07, 6.45) is 0. The van der Waals surface area contributed by atoms with Gasteiger partial charge in [-0.1, -0.05) is 29.3 Å². The van der Waals surface area contributed by atoms with Crippen LogP contribution in [0.5, 0.6) is 0 Å². The predicted molar refractivity (Wildman–Crippen MR) is 92.9 cm³/mol. The number of nitrogens with zero attached hydrogens (tertiary/aromatic N) is 1. The number of esters is 1. The maximum atomic E-state index is 13.9. The van der Waals surface area contributed by atoms with Gasteiger partial charge >= 0.3 is 5.97 Å². The Morgan fingerprint density at radius 3 is 2.44 bits per heavy atom. The highest BCUT2D eigenvalue weighted by atomic mass is 35.5. The monoisotopic (exact) mass is 405 g/mol. The number of halogens is 3. The lowest BCUT2D eigenvalue weighted by molar-refractivity contribution is 0.0600. The number of benzene rings is 2. The van der Waals surface area contributed by atoms with Crippen molar-refractivity contribution in [2.75, 3.05) is 14.2 Å².